The van der Waals surface area contributed by atoms with Gasteiger partial charge >= 0.3 is 109 Å². The molecule has 1 aliphatic rings. The van der Waals surface area contributed by atoms with Gasteiger partial charge in [-0.15, -0.1) is 0 Å². The van der Waals surface area contributed by atoms with Gasteiger partial charge in [0.25, 0.3) is 0 Å². The summed E-state index contributed by atoms with van der Waals surface area (Å²) in [5.74, 6) is 0.531. The monoisotopic (exact) mass is 334 g/mol. The summed E-state index contributed by atoms with van der Waals surface area (Å²) in [7, 11) is 0. The van der Waals surface area contributed by atoms with E-state index in [1.54, 1.807) is 3.61 Å². The van der Waals surface area contributed by atoms with Crippen LogP contribution in [0, 0.1) is 20.8 Å². The fraction of sp³-hybridized carbons (Fsp3) is 0.571. The van der Waals surface area contributed by atoms with Crippen LogP contribution in [0.25, 0.3) is 0 Å². The van der Waals surface area contributed by atoms with Crippen LogP contribution in [0.3, 0.4) is 0 Å². The molecule has 2 rings (SSSR count). The molecule has 16 heavy (non-hydrogen) atoms. The van der Waals surface area contributed by atoms with E-state index in [4.69, 9.17) is 0 Å². The Labute approximate surface area is 108 Å². The number of phenols is 1. The molecule has 2 heteroatoms. The first-order valence-corrected chi connectivity index (χ1v) is 8.17. The molecule has 0 atom stereocenters. The van der Waals surface area contributed by atoms with Crippen LogP contribution >= 0.6 is 0 Å². The van der Waals surface area contributed by atoms with Crippen molar-refractivity contribution < 1.29 is 5.11 Å². The third-order valence-corrected chi connectivity index (χ3v) is 8.02. The summed E-state index contributed by atoms with van der Waals surface area (Å²) < 4.78 is 2.16. The molecule has 0 saturated heterocycles. The van der Waals surface area contributed by atoms with Gasteiger partial charge in [0.05, 0.1) is 0 Å². The van der Waals surface area contributed by atoms with Gasteiger partial charge in [-0.2, -0.15) is 0 Å². The Morgan fingerprint density at radius 2 is 1.69 bits per heavy atom. The number of phenolic OH excluding ortho intramolecular Hbond substituents is 1. The van der Waals surface area contributed by atoms with Crippen LogP contribution in [-0.4, -0.2) is 26.0 Å². The maximum absolute atomic E-state index is 10.1. The van der Waals surface area contributed by atoms with Crippen molar-refractivity contribution in [1.29, 1.82) is 0 Å². The normalized spacial score (nSPS) is 18.3. The zero-order valence-corrected chi connectivity index (χ0v) is 13.1. The van der Waals surface area contributed by atoms with E-state index in [0.29, 0.717) is 9.21 Å². The molecule has 0 unspecified atom stereocenters. The molecule has 1 aromatic rings. The van der Waals surface area contributed by atoms with Crippen LogP contribution in [0.2, 0.25) is 3.46 Å². The molecule has 0 spiro atoms. The van der Waals surface area contributed by atoms with E-state index < -0.39 is 0 Å². The van der Waals surface area contributed by atoms with Crippen molar-refractivity contribution >= 4 is 24.5 Å². The van der Waals surface area contributed by atoms with Crippen LogP contribution < -0.4 is 3.61 Å². The Hall–Kier alpha value is -0.190. The molecule has 1 nitrogen and oxygen atoms in total. The van der Waals surface area contributed by atoms with E-state index in [1.807, 2.05) is 6.92 Å². The number of hydrogen-bond acceptors (Lipinski definition) is 1. The van der Waals surface area contributed by atoms with Gasteiger partial charge in [-0.05, 0) is 0 Å². The second-order valence-electron chi connectivity index (χ2n) is 5.39. The van der Waals surface area contributed by atoms with E-state index in [-0.39, 0.29) is 20.9 Å². The van der Waals surface area contributed by atoms with Crippen LogP contribution in [-0.2, 0) is 6.42 Å². The van der Waals surface area contributed by atoms with E-state index in [1.165, 1.54) is 17.5 Å². The molecule has 0 radical (unpaired) electrons. The van der Waals surface area contributed by atoms with Crippen LogP contribution in [0.5, 0.6) is 5.75 Å². The van der Waals surface area contributed by atoms with Crippen molar-refractivity contribution in [2.45, 2.75) is 50.9 Å². The minimum atomic E-state index is -0.127. The molecule has 0 bridgehead atoms. The third-order valence-electron chi connectivity index (χ3n) is 3.70. The molecule has 1 heterocycles. The first-order chi connectivity index (χ1) is 7.33. The fourth-order valence-corrected chi connectivity index (χ4v) is 6.47. The first-order valence-electron chi connectivity index (χ1n) is 5.84. The SMILES string of the molecule is Cc1c(C)c2c(c(C)c1O)CCC(C)(C)[Te]2. The van der Waals surface area contributed by atoms with E-state index in [9.17, 15) is 5.11 Å². The Kier molecular flexibility index (Phi) is 3.01. The Morgan fingerprint density at radius 1 is 1.06 bits per heavy atom. The van der Waals surface area contributed by atoms with Crippen molar-refractivity contribution in [2.75, 3.05) is 0 Å². The van der Waals surface area contributed by atoms with Crippen molar-refractivity contribution in [1.82, 2.24) is 0 Å². The van der Waals surface area contributed by atoms with Gasteiger partial charge in [0.2, 0.25) is 0 Å². The molecule has 1 N–H and O–H groups in total. The molecular formula is C14H20OTe. The molecule has 0 aromatic heterocycles. The van der Waals surface area contributed by atoms with Crippen LogP contribution in [0.15, 0.2) is 0 Å². The van der Waals surface area contributed by atoms with E-state index in [0.717, 1.165) is 17.5 Å². The van der Waals surface area contributed by atoms with Crippen molar-refractivity contribution in [3.63, 3.8) is 0 Å². The second-order valence-corrected chi connectivity index (χ2v) is 10.3. The predicted molar refractivity (Wildman–Crippen MR) is 70.1 cm³/mol. The maximum atomic E-state index is 10.1. The standard InChI is InChI=1S/C14H20OTe/c1-8-9(2)13-11(10(3)12(8)15)6-7-14(4,5)16-13/h15H,6-7H2,1-5H3. The average molecular weight is 332 g/mol. The Bertz CT molecular complexity index is 447. The van der Waals surface area contributed by atoms with Crippen molar-refractivity contribution in [3.05, 3.63) is 22.3 Å². The second kappa shape index (κ2) is 3.93. The third kappa shape index (κ3) is 1.87. The molecular weight excluding hydrogens is 312 g/mol. The number of benzene rings is 1. The minimum absolute atomic E-state index is 0.127. The average Bonchev–Trinajstić information content (AvgIpc) is 2.22. The summed E-state index contributed by atoms with van der Waals surface area (Å²) in [6.07, 6.45) is 2.43. The predicted octanol–water partition coefficient (Wildman–Crippen LogP) is 2.79. The summed E-state index contributed by atoms with van der Waals surface area (Å²) in [6, 6.07) is 0. The van der Waals surface area contributed by atoms with Gasteiger partial charge in [0.15, 0.2) is 0 Å². The summed E-state index contributed by atoms with van der Waals surface area (Å²) in [4.78, 5) is 0. The number of hydrogen-bond donors (Lipinski definition) is 1. The molecule has 0 aliphatic carbocycles. The summed E-state index contributed by atoms with van der Waals surface area (Å²) in [5, 5.41) is 10.1. The summed E-state index contributed by atoms with van der Waals surface area (Å²) in [6.45, 7) is 11.1. The van der Waals surface area contributed by atoms with Gasteiger partial charge in [0, 0.05) is 0 Å². The zero-order chi connectivity index (χ0) is 12.1. The Morgan fingerprint density at radius 3 is 2.31 bits per heavy atom. The van der Waals surface area contributed by atoms with Crippen molar-refractivity contribution in [2.24, 2.45) is 0 Å². The van der Waals surface area contributed by atoms with Crippen molar-refractivity contribution in [3.8, 4) is 5.75 Å². The van der Waals surface area contributed by atoms with Gasteiger partial charge in [-0.1, -0.05) is 0 Å². The Balaban J connectivity index is 2.65. The van der Waals surface area contributed by atoms with Gasteiger partial charge in [-0.25, -0.2) is 0 Å². The summed E-state index contributed by atoms with van der Waals surface area (Å²) >= 11 is -0.127. The van der Waals surface area contributed by atoms with Crippen LogP contribution in [0.1, 0.15) is 42.5 Å². The fourth-order valence-electron chi connectivity index (χ4n) is 2.36. The molecule has 88 valence electrons. The quantitative estimate of drug-likeness (QED) is 0.725. The van der Waals surface area contributed by atoms with Gasteiger partial charge in [0.1, 0.15) is 0 Å². The number of rotatable bonds is 0. The van der Waals surface area contributed by atoms with E-state index >= 15 is 0 Å². The first kappa shape index (κ1) is 12.3. The molecule has 0 amide bonds. The zero-order valence-electron chi connectivity index (χ0n) is 10.8. The molecule has 1 aromatic carbocycles. The van der Waals surface area contributed by atoms with Gasteiger partial charge in [-0.3, -0.25) is 0 Å². The number of aromatic hydroxyl groups is 1. The topological polar surface area (TPSA) is 20.2 Å². The molecule has 0 fully saturated rings. The van der Waals surface area contributed by atoms with E-state index in [2.05, 4.69) is 27.7 Å². The van der Waals surface area contributed by atoms with Crippen LogP contribution in [0.4, 0.5) is 0 Å². The number of fused-ring (bicyclic) bond motifs is 1. The molecule has 1 aliphatic heterocycles. The van der Waals surface area contributed by atoms with Gasteiger partial charge < -0.3 is 0 Å². The summed E-state index contributed by atoms with van der Waals surface area (Å²) in [5.41, 5.74) is 5.05. The molecule has 0 saturated carbocycles.